The van der Waals surface area contributed by atoms with Gasteiger partial charge in [-0.3, -0.25) is 0 Å². The van der Waals surface area contributed by atoms with E-state index in [1.165, 1.54) is 4.88 Å². The highest BCUT2D eigenvalue weighted by molar-refractivity contribution is 7.20. The molecular weight excluding hydrogens is 328 g/mol. The van der Waals surface area contributed by atoms with E-state index in [2.05, 4.69) is 27.1 Å². The second-order valence-electron chi connectivity index (χ2n) is 4.89. The Morgan fingerprint density at radius 1 is 1.26 bits per heavy atom. The Morgan fingerprint density at radius 2 is 2.17 bits per heavy atom. The molecule has 0 radical (unpaired) electrons. The van der Waals surface area contributed by atoms with Crippen LogP contribution in [0.5, 0.6) is 5.75 Å². The summed E-state index contributed by atoms with van der Waals surface area (Å²) in [7, 11) is 0. The van der Waals surface area contributed by atoms with Gasteiger partial charge in [-0.05, 0) is 36.6 Å². The molecule has 0 saturated heterocycles. The fourth-order valence-electron chi connectivity index (χ4n) is 2.20. The van der Waals surface area contributed by atoms with Crippen LogP contribution in [0.25, 0.3) is 9.88 Å². The minimum Gasteiger partial charge on any atom is -0.494 e. The Balaban J connectivity index is 1.66. The molecule has 0 aliphatic rings. The molecule has 3 aromatic rings. The van der Waals surface area contributed by atoms with Crippen molar-refractivity contribution in [3.8, 4) is 15.6 Å². The molecule has 0 saturated carbocycles. The van der Waals surface area contributed by atoms with Crippen LogP contribution in [-0.2, 0) is 13.2 Å². The maximum absolute atomic E-state index is 9.45. The molecule has 23 heavy (non-hydrogen) atoms. The number of rotatable bonds is 7. The maximum Gasteiger partial charge on any atom is 0.133 e. The normalized spacial score (nSPS) is 10.7. The van der Waals surface area contributed by atoms with Crippen LogP contribution in [-0.4, -0.2) is 16.7 Å². The number of ether oxygens (including phenoxy) is 1. The van der Waals surface area contributed by atoms with E-state index in [1.54, 1.807) is 22.7 Å². The zero-order valence-electron chi connectivity index (χ0n) is 12.8. The smallest absolute Gasteiger partial charge is 0.133 e. The highest BCUT2D eigenvalue weighted by Gasteiger charge is 2.07. The third-order valence-electron chi connectivity index (χ3n) is 3.29. The molecule has 0 unspecified atom stereocenters. The summed E-state index contributed by atoms with van der Waals surface area (Å²) in [5.41, 5.74) is 2.75. The summed E-state index contributed by atoms with van der Waals surface area (Å²) in [6.07, 6.45) is 0. The van der Waals surface area contributed by atoms with E-state index >= 15 is 0 Å². The van der Waals surface area contributed by atoms with Crippen LogP contribution in [0.2, 0.25) is 0 Å². The van der Waals surface area contributed by atoms with E-state index in [0.717, 1.165) is 27.7 Å². The van der Waals surface area contributed by atoms with E-state index in [4.69, 9.17) is 4.74 Å². The number of thiophene rings is 1. The zero-order chi connectivity index (χ0) is 16.1. The number of nitrogens with zero attached hydrogens (tertiary/aromatic N) is 1. The summed E-state index contributed by atoms with van der Waals surface area (Å²) in [5, 5.41) is 18.0. The number of hydrogen-bond donors (Lipinski definition) is 2. The van der Waals surface area contributed by atoms with Crippen LogP contribution in [0.4, 0.5) is 5.69 Å². The van der Waals surface area contributed by atoms with Gasteiger partial charge < -0.3 is 15.2 Å². The van der Waals surface area contributed by atoms with Gasteiger partial charge in [0.05, 0.1) is 30.3 Å². The van der Waals surface area contributed by atoms with Crippen molar-refractivity contribution in [1.29, 1.82) is 0 Å². The number of hydrogen-bond acceptors (Lipinski definition) is 6. The second kappa shape index (κ2) is 7.59. The first-order chi connectivity index (χ1) is 11.3. The lowest BCUT2D eigenvalue weighted by Gasteiger charge is -2.11. The highest BCUT2D eigenvalue weighted by atomic mass is 32.1. The molecule has 0 fully saturated rings. The first kappa shape index (κ1) is 16.0. The van der Waals surface area contributed by atoms with Crippen LogP contribution in [0.1, 0.15) is 18.2 Å². The summed E-state index contributed by atoms with van der Waals surface area (Å²) in [6.45, 7) is 3.13. The SMILES string of the molecule is CCOc1ccc(NCc2csc(-c3cccs3)n2)cc1CO. The van der Waals surface area contributed by atoms with Crippen LogP contribution < -0.4 is 10.1 Å². The number of aliphatic hydroxyl groups is 1. The lowest BCUT2D eigenvalue weighted by molar-refractivity contribution is 0.267. The first-order valence-corrected chi connectivity index (χ1v) is 9.15. The summed E-state index contributed by atoms with van der Waals surface area (Å²) in [4.78, 5) is 5.85. The molecule has 1 aromatic carbocycles. The monoisotopic (exact) mass is 346 g/mol. The molecule has 2 N–H and O–H groups in total. The number of aliphatic hydroxyl groups excluding tert-OH is 1. The van der Waals surface area contributed by atoms with Crippen LogP contribution >= 0.6 is 22.7 Å². The fraction of sp³-hybridized carbons (Fsp3) is 0.235. The summed E-state index contributed by atoms with van der Waals surface area (Å²) in [5.74, 6) is 0.731. The summed E-state index contributed by atoms with van der Waals surface area (Å²) < 4.78 is 5.49. The number of anilines is 1. The molecule has 0 bridgehead atoms. The molecule has 3 rings (SSSR count). The Labute approximate surface area is 143 Å². The lowest BCUT2D eigenvalue weighted by Crippen LogP contribution is -2.02. The minimum absolute atomic E-state index is 0.0376. The summed E-state index contributed by atoms with van der Waals surface area (Å²) >= 11 is 3.36. The molecule has 6 heteroatoms. The van der Waals surface area contributed by atoms with Gasteiger partial charge in [0.15, 0.2) is 0 Å². The molecule has 0 amide bonds. The van der Waals surface area contributed by atoms with Crippen molar-refractivity contribution in [3.05, 3.63) is 52.3 Å². The molecule has 0 aliphatic carbocycles. The number of benzene rings is 1. The topological polar surface area (TPSA) is 54.4 Å². The second-order valence-corrected chi connectivity index (χ2v) is 6.69. The van der Waals surface area contributed by atoms with Gasteiger partial charge in [-0.25, -0.2) is 4.98 Å². The molecule has 0 atom stereocenters. The van der Waals surface area contributed by atoms with E-state index in [9.17, 15) is 5.11 Å². The van der Waals surface area contributed by atoms with E-state index < -0.39 is 0 Å². The van der Waals surface area contributed by atoms with Crippen molar-refractivity contribution in [2.75, 3.05) is 11.9 Å². The van der Waals surface area contributed by atoms with Gasteiger partial charge in [0, 0.05) is 16.6 Å². The minimum atomic E-state index is -0.0376. The zero-order valence-corrected chi connectivity index (χ0v) is 14.4. The van der Waals surface area contributed by atoms with E-state index in [-0.39, 0.29) is 6.61 Å². The van der Waals surface area contributed by atoms with Gasteiger partial charge in [0.1, 0.15) is 10.8 Å². The predicted octanol–water partition coefficient (Wildman–Crippen LogP) is 4.37. The van der Waals surface area contributed by atoms with Crippen LogP contribution in [0.3, 0.4) is 0 Å². The van der Waals surface area contributed by atoms with Crippen molar-refractivity contribution in [2.24, 2.45) is 0 Å². The van der Waals surface area contributed by atoms with Gasteiger partial charge >= 0.3 is 0 Å². The molecule has 120 valence electrons. The standard InChI is InChI=1S/C17H18N2O2S2/c1-2-21-15-6-5-13(8-12(15)10-20)18-9-14-11-23-17(19-14)16-4-3-7-22-16/h3-8,11,18,20H,2,9-10H2,1H3. The van der Waals surface area contributed by atoms with Crippen molar-refractivity contribution in [2.45, 2.75) is 20.1 Å². The van der Waals surface area contributed by atoms with Gasteiger partial charge in [-0.1, -0.05) is 6.07 Å². The number of thiazole rings is 1. The van der Waals surface area contributed by atoms with Crippen molar-refractivity contribution < 1.29 is 9.84 Å². The van der Waals surface area contributed by atoms with Gasteiger partial charge in [-0.15, -0.1) is 22.7 Å². The average Bonchev–Trinajstić information content (AvgIpc) is 3.25. The van der Waals surface area contributed by atoms with Crippen LogP contribution in [0, 0.1) is 0 Å². The Morgan fingerprint density at radius 3 is 2.91 bits per heavy atom. The molecule has 0 spiro atoms. The Hall–Kier alpha value is -1.89. The largest absolute Gasteiger partial charge is 0.494 e. The summed E-state index contributed by atoms with van der Waals surface area (Å²) in [6, 6.07) is 9.88. The quantitative estimate of drug-likeness (QED) is 0.667. The third-order valence-corrected chi connectivity index (χ3v) is 5.22. The predicted molar refractivity (Wildman–Crippen MR) is 96.3 cm³/mol. The Kier molecular flexibility index (Phi) is 5.27. The lowest BCUT2D eigenvalue weighted by atomic mass is 10.2. The van der Waals surface area contributed by atoms with Gasteiger partial charge in [0.2, 0.25) is 0 Å². The van der Waals surface area contributed by atoms with Crippen molar-refractivity contribution >= 4 is 28.4 Å². The number of aromatic nitrogens is 1. The Bertz CT molecular complexity index is 754. The van der Waals surface area contributed by atoms with Crippen molar-refractivity contribution in [1.82, 2.24) is 4.98 Å². The first-order valence-electron chi connectivity index (χ1n) is 7.39. The van der Waals surface area contributed by atoms with E-state index in [0.29, 0.717) is 13.2 Å². The van der Waals surface area contributed by atoms with Crippen LogP contribution in [0.15, 0.2) is 41.1 Å². The molecule has 2 heterocycles. The third kappa shape index (κ3) is 3.90. The molecule has 0 aliphatic heterocycles. The van der Waals surface area contributed by atoms with E-state index in [1.807, 2.05) is 31.2 Å². The van der Waals surface area contributed by atoms with Crippen molar-refractivity contribution in [3.63, 3.8) is 0 Å². The number of nitrogens with one attached hydrogen (secondary N) is 1. The highest BCUT2D eigenvalue weighted by Crippen LogP contribution is 2.28. The van der Waals surface area contributed by atoms with Gasteiger partial charge in [-0.2, -0.15) is 0 Å². The average molecular weight is 346 g/mol. The van der Waals surface area contributed by atoms with Gasteiger partial charge in [0.25, 0.3) is 0 Å². The molecule has 2 aromatic heterocycles. The fourth-order valence-corrected chi connectivity index (χ4v) is 3.84. The molecule has 4 nitrogen and oxygen atoms in total. The maximum atomic E-state index is 9.45. The molecular formula is C17H18N2O2S2.